The monoisotopic (exact) mass is 157 g/mol. The van der Waals surface area contributed by atoms with Gasteiger partial charge in [-0.3, -0.25) is 4.79 Å². The van der Waals surface area contributed by atoms with Crippen molar-refractivity contribution in [1.82, 2.24) is 0 Å². The van der Waals surface area contributed by atoms with Gasteiger partial charge >= 0.3 is 5.97 Å². The van der Waals surface area contributed by atoms with Crippen molar-refractivity contribution in [2.75, 3.05) is 6.61 Å². The Hall–Kier alpha value is -0.570. The Kier molecular flexibility index (Phi) is 2.88. The minimum Gasteiger partial charge on any atom is -0.465 e. The topological polar surface area (TPSA) is 52.3 Å². The van der Waals surface area contributed by atoms with Crippen LogP contribution in [-0.2, 0) is 9.53 Å². The molecule has 0 saturated heterocycles. The van der Waals surface area contributed by atoms with Crippen LogP contribution in [0, 0.1) is 5.92 Å². The normalized spacial score (nSPS) is 20.5. The van der Waals surface area contributed by atoms with E-state index < -0.39 is 0 Å². The molecule has 0 aromatic rings. The van der Waals surface area contributed by atoms with Crippen LogP contribution >= 0.6 is 0 Å². The van der Waals surface area contributed by atoms with Crippen molar-refractivity contribution in [2.45, 2.75) is 32.2 Å². The van der Waals surface area contributed by atoms with E-state index >= 15 is 0 Å². The summed E-state index contributed by atoms with van der Waals surface area (Å²) in [6.45, 7) is 2.23. The van der Waals surface area contributed by atoms with E-state index in [1.807, 2.05) is 0 Å². The Morgan fingerprint density at radius 1 is 1.73 bits per heavy atom. The minimum absolute atomic E-state index is 0.239. The zero-order valence-electron chi connectivity index (χ0n) is 6.88. The lowest BCUT2D eigenvalue weighted by molar-refractivity contribution is -0.146. The van der Waals surface area contributed by atoms with E-state index in [0.29, 0.717) is 12.5 Å². The average Bonchev–Trinajstić information content (AvgIpc) is 1.84. The molecule has 0 aromatic heterocycles. The molecule has 1 aliphatic carbocycles. The first-order valence-corrected chi connectivity index (χ1v) is 4.18. The molecule has 3 heteroatoms. The Labute approximate surface area is 66.9 Å². The third-order valence-corrected chi connectivity index (χ3v) is 2.22. The van der Waals surface area contributed by atoms with E-state index in [1.54, 1.807) is 6.92 Å². The van der Waals surface area contributed by atoms with Crippen molar-refractivity contribution >= 4 is 5.97 Å². The van der Waals surface area contributed by atoms with Gasteiger partial charge in [-0.1, -0.05) is 6.42 Å². The van der Waals surface area contributed by atoms with Crippen molar-refractivity contribution < 1.29 is 9.53 Å². The Morgan fingerprint density at radius 3 is 2.73 bits per heavy atom. The third-order valence-electron chi connectivity index (χ3n) is 2.22. The number of carbonyl (C=O) groups excluding carboxylic acids is 1. The van der Waals surface area contributed by atoms with Crippen LogP contribution in [0.25, 0.3) is 0 Å². The molecule has 0 heterocycles. The first-order chi connectivity index (χ1) is 5.25. The number of hydrogen-bond donors (Lipinski definition) is 1. The summed E-state index contributed by atoms with van der Waals surface area (Å²) < 4.78 is 4.80. The predicted molar refractivity (Wildman–Crippen MR) is 41.9 cm³/mol. The molecule has 0 aromatic carbocycles. The molecule has 0 bridgehead atoms. The molecular weight excluding hydrogens is 142 g/mol. The summed E-state index contributed by atoms with van der Waals surface area (Å²) >= 11 is 0. The largest absolute Gasteiger partial charge is 0.465 e. The Bertz CT molecular complexity index is 143. The maximum atomic E-state index is 11.0. The molecule has 1 aliphatic rings. The number of esters is 1. The van der Waals surface area contributed by atoms with Crippen molar-refractivity contribution in [3.05, 3.63) is 0 Å². The van der Waals surface area contributed by atoms with E-state index in [2.05, 4.69) is 0 Å². The first kappa shape index (κ1) is 8.53. The first-order valence-electron chi connectivity index (χ1n) is 4.18. The van der Waals surface area contributed by atoms with Gasteiger partial charge in [-0.15, -0.1) is 0 Å². The van der Waals surface area contributed by atoms with Gasteiger partial charge in [0.2, 0.25) is 0 Å². The number of carbonyl (C=O) groups is 1. The number of hydrogen-bond acceptors (Lipinski definition) is 3. The van der Waals surface area contributed by atoms with Gasteiger partial charge in [0.25, 0.3) is 0 Å². The molecule has 0 spiro atoms. The average molecular weight is 157 g/mol. The zero-order chi connectivity index (χ0) is 8.27. The lowest BCUT2D eigenvalue weighted by atomic mass is 9.80. The molecule has 1 rings (SSSR count). The summed E-state index contributed by atoms with van der Waals surface area (Å²) in [5.74, 6) is 0.145. The molecule has 1 unspecified atom stereocenters. The van der Waals surface area contributed by atoms with Gasteiger partial charge in [0.15, 0.2) is 0 Å². The Balaban J connectivity index is 2.27. The van der Waals surface area contributed by atoms with Crippen LogP contribution in [0.2, 0.25) is 0 Å². The fourth-order valence-corrected chi connectivity index (χ4v) is 1.23. The predicted octanol–water partition coefficient (Wildman–Crippen LogP) is 0.677. The smallest absolute Gasteiger partial charge is 0.323 e. The molecule has 0 amide bonds. The van der Waals surface area contributed by atoms with Gasteiger partial charge in [-0.05, 0) is 25.7 Å². The highest BCUT2D eigenvalue weighted by atomic mass is 16.5. The highest BCUT2D eigenvalue weighted by Crippen LogP contribution is 2.28. The SMILES string of the molecule is CCOC(=O)C(N)C1CCC1. The van der Waals surface area contributed by atoms with Gasteiger partial charge in [0.05, 0.1) is 6.61 Å². The lowest BCUT2D eigenvalue weighted by Crippen LogP contribution is -2.42. The van der Waals surface area contributed by atoms with Crippen LogP contribution in [0.5, 0.6) is 0 Å². The van der Waals surface area contributed by atoms with Crippen molar-refractivity contribution in [1.29, 1.82) is 0 Å². The summed E-state index contributed by atoms with van der Waals surface area (Å²) in [5, 5.41) is 0. The fourth-order valence-electron chi connectivity index (χ4n) is 1.23. The number of nitrogens with two attached hydrogens (primary N) is 1. The van der Waals surface area contributed by atoms with Gasteiger partial charge in [0.1, 0.15) is 6.04 Å². The molecule has 0 aliphatic heterocycles. The number of rotatable bonds is 3. The van der Waals surface area contributed by atoms with E-state index in [-0.39, 0.29) is 12.0 Å². The van der Waals surface area contributed by atoms with Crippen LogP contribution in [-0.4, -0.2) is 18.6 Å². The van der Waals surface area contributed by atoms with E-state index in [4.69, 9.17) is 10.5 Å². The zero-order valence-corrected chi connectivity index (χ0v) is 6.88. The van der Waals surface area contributed by atoms with E-state index in [0.717, 1.165) is 12.8 Å². The third kappa shape index (κ3) is 1.93. The van der Waals surface area contributed by atoms with Gasteiger partial charge in [0, 0.05) is 0 Å². The highest BCUT2D eigenvalue weighted by Gasteiger charge is 2.30. The molecule has 1 fully saturated rings. The summed E-state index contributed by atoms with van der Waals surface area (Å²) in [6, 6.07) is -0.372. The summed E-state index contributed by atoms with van der Waals surface area (Å²) in [7, 11) is 0. The van der Waals surface area contributed by atoms with Gasteiger partial charge in [-0.25, -0.2) is 0 Å². The minimum atomic E-state index is -0.372. The van der Waals surface area contributed by atoms with Gasteiger partial charge < -0.3 is 10.5 Å². The van der Waals surface area contributed by atoms with Crippen molar-refractivity contribution in [3.8, 4) is 0 Å². The second-order valence-electron chi connectivity index (χ2n) is 2.97. The second-order valence-corrected chi connectivity index (χ2v) is 2.97. The maximum Gasteiger partial charge on any atom is 0.323 e. The summed E-state index contributed by atoms with van der Waals surface area (Å²) in [6.07, 6.45) is 3.37. The maximum absolute atomic E-state index is 11.0. The van der Waals surface area contributed by atoms with Crippen LogP contribution in [0.1, 0.15) is 26.2 Å². The Morgan fingerprint density at radius 2 is 2.36 bits per heavy atom. The molecule has 64 valence electrons. The van der Waals surface area contributed by atoms with E-state index in [1.165, 1.54) is 6.42 Å². The van der Waals surface area contributed by atoms with Gasteiger partial charge in [-0.2, -0.15) is 0 Å². The standard InChI is InChI=1S/C8H15NO2/c1-2-11-8(10)7(9)6-4-3-5-6/h6-7H,2-5,9H2,1H3. The van der Waals surface area contributed by atoms with Crippen LogP contribution in [0.15, 0.2) is 0 Å². The molecule has 0 radical (unpaired) electrons. The number of ether oxygens (including phenoxy) is 1. The molecule has 1 saturated carbocycles. The molecule has 2 N–H and O–H groups in total. The molecule has 11 heavy (non-hydrogen) atoms. The summed E-state index contributed by atoms with van der Waals surface area (Å²) in [4.78, 5) is 11.0. The highest BCUT2D eigenvalue weighted by molar-refractivity contribution is 5.75. The summed E-state index contributed by atoms with van der Waals surface area (Å²) in [5.41, 5.74) is 5.63. The molecule has 3 nitrogen and oxygen atoms in total. The van der Waals surface area contributed by atoms with Crippen molar-refractivity contribution in [2.24, 2.45) is 11.7 Å². The quantitative estimate of drug-likeness (QED) is 0.613. The van der Waals surface area contributed by atoms with Crippen LogP contribution in [0.3, 0.4) is 0 Å². The van der Waals surface area contributed by atoms with E-state index in [9.17, 15) is 4.79 Å². The molecule has 1 atom stereocenters. The lowest BCUT2D eigenvalue weighted by Gasteiger charge is -2.29. The second kappa shape index (κ2) is 3.72. The van der Waals surface area contributed by atoms with Crippen molar-refractivity contribution in [3.63, 3.8) is 0 Å². The molecular formula is C8H15NO2. The van der Waals surface area contributed by atoms with Crippen LogP contribution in [0.4, 0.5) is 0 Å². The van der Waals surface area contributed by atoms with Crippen LogP contribution < -0.4 is 5.73 Å². The fraction of sp³-hybridized carbons (Fsp3) is 0.875.